The van der Waals surface area contributed by atoms with E-state index >= 15 is 0 Å². The van der Waals surface area contributed by atoms with Gasteiger partial charge in [0.1, 0.15) is 0 Å². The quantitative estimate of drug-likeness (QED) is 0.652. The lowest BCUT2D eigenvalue weighted by Gasteiger charge is -2.25. The fourth-order valence-electron chi connectivity index (χ4n) is 1.78. The van der Waals surface area contributed by atoms with Crippen LogP contribution in [0.4, 0.5) is 8.78 Å². The van der Waals surface area contributed by atoms with Crippen molar-refractivity contribution in [1.29, 1.82) is 0 Å². The van der Waals surface area contributed by atoms with Crippen LogP contribution in [0.5, 0.6) is 0 Å². The van der Waals surface area contributed by atoms with Crippen molar-refractivity contribution in [3.05, 3.63) is 33.8 Å². The summed E-state index contributed by atoms with van der Waals surface area (Å²) in [5.74, 6) is -2.63. The summed E-state index contributed by atoms with van der Waals surface area (Å²) >= 11 is 3.30. The highest BCUT2D eigenvalue weighted by molar-refractivity contribution is 9.10. The second kappa shape index (κ2) is 3.05. The van der Waals surface area contributed by atoms with Gasteiger partial charge in [0.2, 0.25) is 0 Å². The molecule has 0 unspecified atom stereocenters. The van der Waals surface area contributed by atoms with E-state index in [0.29, 0.717) is 6.42 Å². The Labute approximate surface area is 84.1 Å². The van der Waals surface area contributed by atoms with E-state index in [1.807, 2.05) is 6.07 Å². The van der Waals surface area contributed by atoms with E-state index in [0.717, 1.165) is 16.5 Å². The van der Waals surface area contributed by atoms with Crippen LogP contribution in [0.3, 0.4) is 0 Å². The molecule has 0 nitrogen and oxygen atoms in total. The Hall–Kier alpha value is -0.440. The Morgan fingerprint density at radius 2 is 2.08 bits per heavy atom. The van der Waals surface area contributed by atoms with E-state index in [9.17, 15) is 8.78 Å². The average molecular weight is 247 g/mol. The summed E-state index contributed by atoms with van der Waals surface area (Å²) in [7, 11) is 0. The van der Waals surface area contributed by atoms with Crippen molar-refractivity contribution in [2.45, 2.75) is 25.2 Å². The van der Waals surface area contributed by atoms with Crippen LogP contribution < -0.4 is 0 Å². The number of alkyl halides is 2. The van der Waals surface area contributed by atoms with Crippen LogP contribution in [0.1, 0.15) is 24.0 Å². The van der Waals surface area contributed by atoms with Gasteiger partial charge >= 0.3 is 0 Å². The first kappa shape index (κ1) is 9.13. The van der Waals surface area contributed by atoms with Gasteiger partial charge in [-0.25, -0.2) is 8.78 Å². The number of rotatable bonds is 0. The summed E-state index contributed by atoms with van der Waals surface area (Å²) in [6, 6.07) is 5.02. The Kier molecular flexibility index (Phi) is 2.14. The first-order valence-corrected chi connectivity index (χ1v) is 5.06. The molecule has 0 N–H and O–H groups in total. The van der Waals surface area contributed by atoms with E-state index in [2.05, 4.69) is 15.9 Å². The molecule has 0 radical (unpaired) electrons. The molecule has 0 atom stereocenters. The van der Waals surface area contributed by atoms with Gasteiger partial charge in [-0.15, -0.1) is 0 Å². The Morgan fingerprint density at radius 1 is 1.31 bits per heavy atom. The normalized spacial score (nSPS) is 19.6. The third-order valence-corrected chi connectivity index (χ3v) is 3.17. The fourth-order valence-corrected chi connectivity index (χ4v) is 2.34. The highest BCUT2D eigenvalue weighted by Gasteiger charge is 2.36. The Morgan fingerprint density at radius 3 is 2.77 bits per heavy atom. The molecule has 1 aromatic carbocycles. The van der Waals surface area contributed by atoms with Crippen molar-refractivity contribution in [1.82, 2.24) is 0 Å². The van der Waals surface area contributed by atoms with Crippen molar-refractivity contribution in [3.63, 3.8) is 0 Å². The van der Waals surface area contributed by atoms with Crippen molar-refractivity contribution >= 4 is 15.9 Å². The third-order valence-electron chi connectivity index (χ3n) is 2.43. The minimum atomic E-state index is -2.63. The monoisotopic (exact) mass is 246 g/mol. The molecule has 0 bridgehead atoms. The largest absolute Gasteiger partial charge is 0.273 e. The fraction of sp³-hybridized carbons (Fsp3) is 0.400. The zero-order valence-electron chi connectivity index (χ0n) is 6.99. The van der Waals surface area contributed by atoms with Gasteiger partial charge in [0.05, 0.1) is 0 Å². The summed E-state index contributed by atoms with van der Waals surface area (Å²) in [6.07, 6.45) is 1.31. The first-order valence-electron chi connectivity index (χ1n) is 4.27. The molecule has 0 spiro atoms. The van der Waals surface area contributed by atoms with E-state index < -0.39 is 5.92 Å². The molecule has 0 amide bonds. The number of halogens is 3. The van der Waals surface area contributed by atoms with Crippen LogP contribution in [-0.4, -0.2) is 0 Å². The van der Waals surface area contributed by atoms with E-state index in [1.54, 1.807) is 6.07 Å². The summed E-state index contributed by atoms with van der Waals surface area (Å²) in [5.41, 5.74) is 0.979. The molecular formula is C10H9BrF2. The molecule has 3 heteroatoms. The molecule has 0 heterocycles. The van der Waals surface area contributed by atoms with Gasteiger partial charge < -0.3 is 0 Å². The molecule has 1 aliphatic rings. The predicted octanol–water partition coefficient (Wildman–Crippen LogP) is 3.88. The topological polar surface area (TPSA) is 0 Å². The van der Waals surface area contributed by atoms with Crippen molar-refractivity contribution in [2.75, 3.05) is 0 Å². The van der Waals surface area contributed by atoms with Crippen LogP contribution >= 0.6 is 15.9 Å². The SMILES string of the molecule is FC1(F)CCCc2c(Br)cccc21. The Bertz CT molecular complexity index is 334. The zero-order chi connectivity index (χ0) is 9.47. The van der Waals surface area contributed by atoms with Gasteiger partial charge in [0.25, 0.3) is 5.92 Å². The van der Waals surface area contributed by atoms with E-state index in [4.69, 9.17) is 0 Å². The molecule has 13 heavy (non-hydrogen) atoms. The number of fused-ring (bicyclic) bond motifs is 1. The van der Waals surface area contributed by atoms with Crippen LogP contribution in [0.2, 0.25) is 0 Å². The van der Waals surface area contributed by atoms with Crippen LogP contribution in [0.15, 0.2) is 22.7 Å². The van der Waals surface area contributed by atoms with Crippen molar-refractivity contribution in [2.24, 2.45) is 0 Å². The van der Waals surface area contributed by atoms with Crippen LogP contribution in [-0.2, 0) is 12.3 Å². The van der Waals surface area contributed by atoms with Gasteiger partial charge in [-0.1, -0.05) is 28.1 Å². The van der Waals surface area contributed by atoms with Crippen molar-refractivity contribution < 1.29 is 8.78 Å². The van der Waals surface area contributed by atoms with Crippen LogP contribution in [0, 0.1) is 0 Å². The number of benzene rings is 1. The molecule has 0 saturated heterocycles. The van der Waals surface area contributed by atoms with E-state index in [1.165, 1.54) is 6.07 Å². The molecule has 0 fully saturated rings. The zero-order valence-corrected chi connectivity index (χ0v) is 8.57. The molecule has 1 aliphatic carbocycles. The van der Waals surface area contributed by atoms with Gasteiger partial charge in [0.15, 0.2) is 0 Å². The third kappa shape index (κ3) is 1.50. The van der Waals surface area contributed by atoms with Gasteiger partial charge in [-0.3, -0.25) is 0 Å². The molecular weight excluding hydrogens is 238 g/mol. The number of hydrogen-bond donors (Lipinski definition) is 0. The second-order valence-corrected chi connectivity index (χ2v) is 4.18. The standard InChI is InChI=1S/C10H9BrF2/c11-9-5-1-4-8-7(9)3-2-6-10(8,12)13/h1,4-5H,2-3,6H2. The lowest BCUT2D eigenvalue weighted by Crippen LogP contribution is -2.20. The van der Waals surface area contributed by atoms with Gasteiger partial charge in [-0.05, 0) is 24.5 Å². The average Bonchev–Trinajstić information content (AvgIpc) is 2.06. The maximum atomic E-state index is 13.4. The lowest BCUT2D eigenvalue weighted by atomic mass is 9.89. The summed E-state index contributed by atoms with van der Waals surface area (Å²) in [4.78, 5) is 0. The number of hydrogen-bond acceptors (Lipinski definition) is 0. The predicted molar refractivity (Wildman–Crippen MR) is 51.0 cm³/mol. The highest BCUT2D eigenvalue weighted by Crippen LogP contribution is 2.41. The van der Waals surface area contributed by atoms with Crippen molar-refractivity contribution in [3.8, 4) is 0 Å². The van der Waals surface area contributed by atoms with Gasteiger partial charge in [-0.2, -0.15) is 0 Å². The maximum Gasteiger partial charge on any atom is 0.273 e. The molecule has 70 valence electrons. The molecule has 0 aromatic heterocycles. The van der Waals surface area contributed by atoms with Gasteiger partial charge in [0, 0.05) is 16.5 Å². The molecule has 2 rings (SSSR count). The smallest absolute Gasteiger partial charge is 0.201 e. The summed E-state index contributed by atoms with van der Waals surface area (Å²) < 4.78 is 27.5. The molecule has 0 saturated carbocycles. The van der Waals surface area contributed by atoms with Crippen LogP contribution in [0.25, 0.3) is 0 Å². The summed E-state index contributed by atoms with van der Waals surface area (Å²) in [5, 5.41) is 0. The maximum absolute atomic E-state index is 13.4. The minimum absolute atomic E-state index is 0.0174. The minimum Gasteiger partial charge on any atom is -0.201 e. The van der Waals surface area contributed by atoms with E-state index in [-0.39, 0.29) is 12.0 Å². The molecule has 0 aliphatic heterocycles. The second-order valence-electron chi connectivity index (χ2n) is 3.32. The molecule has 1 aromatic rings. The first-order chi connectivity index (χ1) is 6.11. The lowest BCUT2D eigenvalue weighted by molar-refractivity contribution is -0.0217. The Balaban J connectivity index is 2.58. The summed E-state index contributed by atoms with van der Waals surface area (Å²) in [6.45, 7) is 0. The highest BCUT2D eigenvalue weighted by atomic mass is 79.9.